The van der Waals surface area contributed by atoms with Crippen molar-refractivity contribution in [3.05, 3.63) is 28.5 Å². The first-order chi connectivity index (χ1) is 7.72. The van der Waals surface area contributed by atoms with Crippen LogP contribution in [0.3, 0.4) is 0 Å². The molecule has 1 aliphatic heterocycles. The molecule has 2 rings (SSSR count). The van der Waals surface area contributed by atoms with E-state index in [1.807, 2.05) is 11.0 Å². The highest BCUT2D eigenvalue weighted by molar-refractivity contribution is 9.10. The molecular formula is C11H14BrN3O. The van der Waals surface area contributed by atoms with E-state index < -0.39 is 0 Å². The van der Waals surface area contributed by atoms with Crippen LogP contribution in [-0.2, 0) is 0 Å². The molecule has 0 saturated carbocycles. The Hall–Kier alpha value is -0.940. The third-order valence-electron chi connectivity index (χ3n) is 2.86. The van der Waals surface area contributed by atoms with Gasteiger partial charge in [0.25, 0.3) is 5.91 Å². The number of hydrogen-bond acceptors (Lipinski definition) is 3. The van der Waals surface area contributed by atoms with Gasteiger partial charge in [-0.15, -0.1) is 0 Å². The maximum Gasteiger partial charge on any atom is 0.272 e. The molecule has 0 aromatic carbocycles. The SMILES string of the molecule is NCC1CCCN1C(=O)c1ccc(Br)cn1. The summed E-state index contributed by atoms with van der Waals surface area (Å²) in [6.45, 7) is 1.32. The Labute approximate surface area is 103 Å². The highest BCUT2D eigenvalue weighted by Crippen LogP contribution is 2.19. The molecule has 1 fully saturated rings. The molecule has 2 N–H and O–H groups in total. The molecule has 0 spiro atoms. The van der Waals surface area contributed by atoms with Crippen LogP contribution in [0.4, 0.5) is 0 Å². The van der Waals surface area contributed by atoms with Crippen molar-refractivity contribution >= 4 is 21.8 Å². The number of pyridine rings is 1. The molecule has 5 heteroatoms. The van der Waals surface area contributed by atoms with Crippen LogP contribution in [0.25, 0.3) is 0 Å². The molecule has 0 bridgehead atoms. The zero-order valence-electron chi connectivity index (χ0n) is 8.90. The molecule has 0 aliphatic carbocycles. The number of carbonyl (C=O) groups is 1. The number of nitrogens with two attached hydrogens (primary N) is 1. The van der Waals surface area contributed by atoms with E-state index in [-0.39, 0.29) is 11.9 Å². The number of halogens is 1. The highest BCUT2D eigenvalue weighted by atomic mass is 79.9. The highest BCUT2D eigenvalue weighted by Gasteiger charge is 2.28. The minimum Gasteiger partial charge on any atom is -0.333 e. The summed E-state index contributed by atoms with van der Waals surface area (Å²) >= 11 is 3.30. The van der Waals surface area contributed by atoms with Gasteiger partial charge in [0.1, 0.15) is 5.69 Å². The second-order valence-electron chi connectivity index (χ2n) is 3.89. The zero-order chi connectivity index (χ0) is 11.5. The molecule has 1 aliphatic rings. The molecule has 1 unspecified atom stereocenters. The van der Waals surface area contributed by atoms with E-state index in [9.17, 15) is 4.79 Å². The Morgan fingerprint density at radius 3 is 3.06 bits per heavy atom. The number of carbonyl (C=O) groups excluding carboxylic acids is 1. The molecular weight excluding hydrogens is 270 g/mol. The van der Waals surface area contributed by atoms with Crippen LogP contribution >= 0.6 is 15.9 Å². The minimum atomic E-state index is -0.0135. The smallest absolute Gasteiger partial charge is 0.272 e. The van der Waals surface area contributed by atoms with Crippen molar-refractivity contribution in [1.29, 1.82) is 0 Å². The van der Waals surface area contributed by atoms with Crippen molar-refractivity contribution in [2.75, 3.05) is 13.1 Å². The van der Waals surface area contributed by atoms with Crippen LogP contribution in [0.1, 0.15) is 23.3 Å². The molecule has 2 heterocycles. The van der Waals surface area contributed by atoms with Crippen LogP contribution in [0.5, 0.6) is 0 Å². The fourth-order valence-corrected chi connectivity index (χ4v) is 2.23. The standard InChI is InChI=1S/C11H14BrN3O/c12-8-3-4-10(14-7-8)11(16)15-5-1-2-9(15)6-13/h3-4,7,9H,1-2,5-6,13H2. The van der Waals surface area contributed by atoms with Crippen molar-refractivity contribution in [3.8, 4) is 0 Å². The van der Waals surface area contributed by atoms with Crippen LogP contribution < -0.4 is 5.73 Å². The second-order valence-corrected chi connectivity index (χ2v) is 4.81. The summed E-state index contributed by atoms with van der Waals surface area (Å²) in [6, 6.07) is 3.74. The summed E-state index contributed by atoms with van der Waals surface area (Å²) in [7, 11) is 0. The first-order valence-electron chi connectivity index (χ1n) is 5.35. The molecule has 4 nitrogen and oxygen atoms in total. The molecule has 0 radical (unpaired) electrons. The van der Waals surface area contributed by atoms with Gasteiger partial charge >= 0.3 is 0 Å². The summed E-state index contributed by atoms with van der Waals surface area (Å²) < 4.78 is 0.876. The normalized spacial score (nSPS) is 20.1. The third kappa shape index (κ3) is 2.25. The lowest BCUT2D eigenvalue weighted by atomic mass is 10.2. The van der Waals surface area contributed by atoms with Crippen molar-refractivity contribution in [2.24, 2.45) is 5.73 Å². The molecule has 1 saturated heterocycles. The van der Waals surface area contributed by atoms with E-state index in [0.717, 1.165) is 23.9 Å². The van der Waals surface area contributed by atoms with Gasteiger partial charge in [-0.3, -0.25) is 4.79 Å². The Balaban J connectivity index is 2.15. The van der Waals surface area contributed by atoms with Gasteiger partial charge in [0.2, 0.25) is 0 Å². The molecule has 1 aromatic heterocycles. The second kappa shape index (κ2) is 4.93. The van der Waals surface area contributed by atoms with Gasteiger partial charge in [-0.1, -0.05) is 0 Å². The zero-order valence-corrected chi connectivity index (χ0v) is 10.5. The first-order valence-corrected chi connectivity index (χ1v) is 6.14. The summed E-state index contributed by atoms with van der Waals surface area (Å²) in [6.07, 6.45) is 3.67. The molecule has 16 heavy (non-hydrogen) atoms. The lowest BCUT2D eigenvalue weighted by Gasteiger charge is -2.22. The number of aromatic nitrogens is 1. The predicted octanol–water partition coefficient (Wildman–Crippen LogP) is 1.41. The summed E-state index contributed by atoms with van der Waals surface area (Å²) in [5.41, 5.74) is 6.13. The van der Waals surface area contributed by atoms with Gasteiger partial charge in [-0.05, 0) is 40.9 Å². The van der Waals surface area contributed by atoms with Gasteiger partial charge < -0.3 is 10.6 Å². The number of nitrogens with zero attached hydrogens (tertiary/aromatic N) is 2. The Bertz CT molecular complexity index is 379. The fraction of sp³-hybridized carbons (Fsp3) is 0.455. The van der Waals surface area contributed by atoms with Gasteiger partial charge in [-0.2, -0.15) is 0 Å². The minimum absolute atomic E-state index is 0.0135. The van der Waals surface area contributed by atoms with Gasteiger partial charge in [0, 0.05) is 29.8 Å². The average molecular weight is 284 g/mol. The largest absolute Gasteiger partial charge is 0.333 e. The Morgan fingerprint density at radius 1 is 1.62 bits per heavy atom. The number of likely N-dealkylation sites (tertiary alicyclic amines) is 1. The summed E-state index contributed by atoms with van der Waals surface area (Å²) in [4.78, 5) is 18.1. The first kappa shape index (κ1) is 11.5. The van der Waals surface area contributed by atoms with E-state index in [1.165, 1.54) is 0 Å². The Kier molecular flexibility index (Phi) is 3.56. The van der Waals surface area contributed by atoms with Crippen molar-refractivity contribution < 1.29 is 4.79 Å². The summed E-state index contributed by atoms with van der Waals surface area (Å²) in [5.74, 6) is -0.0135. The van der Waals surface area contributed by atoms with Crippen LogP contribution in [0.2, 0.25) is 0 Å². The van der Waals surface area contributed by atoms with E-state index in [2.05, 4.69) is 20.9 Å². The van der Waals surface area contributed by atoms with Gasteiger partial charge in [0.05, 0.1) is 0 Å². The van der Waals surface area contributed by atoms with Crippen molar-refractivity contribution in [3.63, 3.8) is 0 Å². The lowest BCUT2D eigenvalue weighted by molar-refractivity contribution is 0.0735. The number of hydrogen-bond donors (Lipinski definition) is 1. The number of rotatable bonds is 2. The quantitative estimate of drug-likeness (QED) is 0.893. The van der Waals surface area contributed by atoms with Gasteiger partial charge in [-0.25, -0.2) is 4.98 Å². The number of amides is 1. The summed E-state index contributed by atoms with van der Waals surface area (Å²) in [5, 5.41) is 0. The van der Waals surface area contributed by atoms with Crippen LogP contribution in [0.15, 0.2) is 22.8 Å². The molecule has 1 atom stereocenters. The van der Waals surface area contributed by atoms with Crippen molar-refractivity contribution in [2.45, 2.75) is 18.9 Å². The van der Waals surface area contributed by atoms with Crippen LogP contribution in [-0.4, -0.2) is 34.9 Å². The topological polar surface area (TPSA) is 59.2 Å². The molecule has 86 valence electrons. The van der Waals surface area contributed by atoms with E-state index in [0.29, 0.717) is 12.2 Å². The third-order valence-corrected chi connectivity index (χ3v) is 3.33. The maximum absolute atomic E-state index is 12.1. The lowest BCUT2D eigenvalue weighted by Crippen LogP contribution is -2.40. The van der Waals surface area contributed by atoms with E-state index >= 15 is 0 Å². The van der Waals surface area contributed by atoms with E-state index in [4.69, 9.17) is 5.73 Å². The van der Waals surface area contributed by atoms with Crippen molar-refractivity contribution in [1.82, 2.24) is 9.88 Å². The monoisotopic (exact) mass is 283 g/mol. The average Bonchev–Trinajstić information content (AvgIpc) is 2.77. The molecule has 1 amide bonds. The maximum atomic E-state index is 12.1. The fourth-order valence-electron chi connectivity index (χ4n) is 2.00. The molecule has 1 aromatic rings. The van der Waals surface area contributed by atoms with E-state index in [1.54, 1.807) is 12.3 Å². The van der Waals surface area contributed by atoms with Crippen LogP contribution in [0, 0.1) is 0 Å². The predicted molar refractivity (Wildman–Crippen MR) is 65.0 cm³/mol. The Morgan fingerprint density at radius 2 is 2.44 bits per heavy atom. The van der Waals surface area contributed by atoms with Gasteiger partial charge in [0.15, 0.2) is 0 Å².